The lowest BCUT2D eigenvalue weighted by molar-refractivity contribution is -0.384. The average Bonchev–Trinajstić information content (AvgIpc) is 2.45. The van der Waals surface area contributed by atoms with Gasteiger partial charge < -0.3 is 19.7 Å². The van der Waals surface area contributed by atoms with E-state index in [9.17, 15) is 10.1 Å². The van der Waals surface area contributed by atoms with Crippen molar-refractivity contribution in [3.05, 3.63) is 22.2 Å². The van der Waals surface area contributed by atoms with Gasteiger partial charge in [-0.15, -0.1) is 0 Å². The predicted molar refractivity (Wildman–Crippen MR) is 82.5 cm³/mol. The molecule has 1 rings (SSSR count). The van der Waals surface area contributed by atoms with E-state index < -0.39 is 4.92 Å². The Bertz CT molecular complexity index is 478. The normalized spacial score (nSPS) is 10.5. The van der Waals surface area contributed by atoms with Crippen molar-refractivity contribution >= 4 is 11.4 Å². The SMILES string of the molecule is COc1cc(NCCCCN(C)C)c([N+](=O)[O-])cc1OC. The molecule has 118 valence electrons. The number of nitro groups is 1. The molecule has 7 nitrogen and oxygen atoms in total. The van der Waals surface area contributed by atoms with Gasteiger partial charge in [0.1, 0.15) is 5.69 Å². The number of methoxy groups -OCH3 is 2. The highest BCUT2D eigenvalue weighted by atomic mass is 16.6. The van der Waals surface area contributed by atoms with Gasteiger partial charge in [-0.25, -0.2) is 0 Å². The zero-order valence-corrected chi connectivity index (χ0v) is 13.0. The number of benzene rings is 1. The first-order valence-corrected chi connectivity index (χ1v) is 6.78. The number of hydrogen-bond donors (Lipinski definition) is 1. The fourth-order valence-electron chi connectivity index (χ4n) is 1.94. The highest BCUT2D eigenvalue weighted by Crippen LogP contribution is 2.37. The van der Waals surface area contributed by atoms with Crippen molar-refractivity contribution in [2.45, 2.75) is 12.8 Å². The first kappa shape index (κ1) is 17.0. The Morgan fingerprint density at radius 2 is 1.81 bits per heavy atom. The van der Waals surface area contributed by atoms with E-state index in [1.165, 1.54) is 20.3 Å². The van der Waals surface area contributed by atoms with Crippen molar-refractivity contribution in [1.82, 2.24) is 4.90 Å². The maximum Gasteiger partial charge on any atom is 0.296 e. The minimum absolute atomic E-state index is 0.0136. The first-order chi connectivity index (χ1) is 9.99. The van der Waals surface area contributed by atoms with E-state index in [-0.39, 0.29) is 5.69 Å². The fourth-order valence-corrected chi connectivity index (χ4v) is 1.94. The molecule has 7 heteroatoms. The van der Waals surface area contributed by atoms with Crippen LogP contribution in [0.5, 0.6) is 11.5 Å². The van der Waals surface area contributed by atoms with Crippen LogP contribution in [0.15, 0.2) is 12.1 Å². The number of nitrogens with one attached hydrogen (secondary N) is 1. The molecule has 0 saturated heterocycles. The molecule has 1 N–H and O–H groups in total. The monoisotopic (exact) mass is 297 g/mol. The summed E-state index contributed by atoms with van der Waals surface area (Å²) in [5.74, 6) is 0.821. The molecule has 0 aliphatic heterocycles. The van der Waals surface area contributed by atoms with Gasteiger partial charge in [-0.3, -0.25) is 10.1 Å². The first-order valence-electron chi connectivity index (χ1n) is 6.78. The molecule has 0 amide bonds. The van der Waals surface area contributed by atoms with Crippen molar-refractivity contribution in [3.8, 4) is 11.5 Å². The molecular formula is C14H23N3O4. The highest BCUT2D eigenvalue weighted by Gasteiger charge is 2.19. The maximum atomic E-state index is 11.1. The zero-order chi connectivity index (χ0) is 15.8. The van der Waals surface area contributed by atoms with E-state index in [1.807, 2.05) is 14.1 Å². The third-order valence-corrected chi connectivity index (χ3v) is 3.05. The summed E-state index contributed by atoms with van der Waals surface area (Å²) < 4.78 is 10.3. The Kier molecular flexibility index (Phi) is 6.74. The van der Waals surface area contributed by atoms with E-state index >= 15 is 0 Å². The van der Waals surface area contributed by atoms with Crippen molar-refractivity contribution < 1.29 is 14.4 Å². The highest BCUT2D eigenvalue weighted by molar-refractivity contribution is 5.68. The Labute approximate surface area is 125 Å². The van der Waals surface area contributed by atoms with Gasteiger partial charge in [-0.05, 0) is 33.5 Å². The van der Waals surface area contributed by atoms with E-state index in [0.29, 0.717) is 23.7 Å². The zero-order valence-electron chi connectivity index (χ0n) is 13.0. The molecule has 0 aliphatic carbocycles. The van der Waals surface area contributed by atoms with Gasteiger partial charge in [0.2, 0.25) is 0 Å². The number of anilines is 1. The largest absolute Gasteiger partial charge is 0.493 e. The number of rotatable bonds is 9. The molecule has 0 atom stereocenters. The molecule has 0 unspecified atom stereocenters. The van der Waals surface area contributed by atoms with Crippen LogP contribution >= 0.6 is 0 Å². The van der Waals surface area contributed by atoms with Crippen molar-refractivity contribution in [2.75, 3.05) is 46.7 Å². The summed E-state index contributed by atoms with van der Waals surface area (Å²) in [6.07, 6.45) is 1.96. The molecule has 1 aromatic rings. The minimum Gasteiger partial charge on any atom is -0.493 e. The summed E-state index contributed by atoms with van der Waals surface area (Å²) in [7, 11) is 7.00. The Balaban J connectivity index is 2.77. The summed E-state index contributed by atoms with van der Waals surface area (Å²) in [5, 5.41) is 14.2. The Morgan fingerprint density at radius 3 is 2.33 bits per heavy atom. The lowest BCUT2D eigenvalue weighted by Gasteiger charge is -2.13. The van der Waals surface area contributed by atoms with Gasteiger partial charge in [0, 0.05) is 12.6 Å². The second kappa shape index (κ2) is 8.31. The third kappa shape index (κ3) is 5.11. The topological polar surface area (TPSA) is 76.9 Å². The summed E-state index contributed by atoms with van der Waals surface area (Å²) in [5.41, 5.74) is 0.433. The standard InChI is InChI=1S/C14H23N3O4/c1-16(2)8-6-5-7-15-11-9-13(20-3)14(21-4)10-12(11)17(18)19/h9-10,15H,5-8H2,1-4H3. The molecule has 0 heterocycles. The van der Waals surface area contributed by atoms with Crippen LogP contribution in [0.4, 0.5) is 11.4 Å². The molecule has 0 aromatic heterocycles. The second-order valence-corrected chi connectivity index (χ2v) is 4.92. The molecule has 1 aromatic carbocycles. The van der Waals surface area contributed by atoms with Crippen LogP contribution in [0.2, 0.25) is 0 Å². The van der Waals surface area contributed by atoms with Crippen LogP contribution < -0.4 is 14.8 Å². The van der Waals surface area contributed by atoms with Crippen LogP contribution in [-0.4, -0.2) is 51.2 Å². The number of unbranched alkanes of at least 4 members (excludes halogenated alkanes) is 1. The minimum atomic E-state index is -0.426. The molecule has 0 aliphatic rings. The van der Waals surface area contributed by atoms with Crippen LogP contribution in [-0.2, 0) is 0 Å². The molecule has 0 radical (unpaired) electrons. The third-order valence-electron chi connectivity index (χ3n) is 3.05. The summed E-state index contributed by atoms with van der Waals surface area (Å²) in [6.45, 7) is 1.67. The van der Waals surface area contributed by atoms with Gasteiger partial charge >= 0.3 is 0 Å². The summed E-state index contributed by atoms with van der Waals surface area (Å²) in [4.78, 5) is 12.8. The van der Waals surface area contributed by atoms with E-state index in [4.69, 9.17) is 9.47 Å². The number of nitro benzene ring substituents is 1. The second-order valence-electron chi connectivity index (χ2n) is 4.92. The van der Waals surface area contributed by atoms with Gasteiger partial charge in [0.25, 0.3) is 5.69 Å². The summed E-state index contributed by atoms with van der Waals surface area (Å²) >= 11 is 0. The molecule has 0 bridgehead atoms. The summed E-state index contributed by atoms with van der Waals surface area (Å²) in [6, 6.07) is 2.98. The predicted octanol–water partition coefficient (Wildman–Crippen LogP) is 2.37. The van der Waals surface area contributed by atoms with E-state index in [1.54, 1.807) is 6.07 Å². The van der Waals surface area contributed by atoms with Crippen LogP contribution in [0.25, 0.3) is 0 Å². The van der Waals surface area contributed by atoms with Crippen molar-refractivity contribution in [1.29, 1.82) is 0 Å². The van der Waals surface area contributed by atoms with Gasteiger partial charge in [0.05, 0.1) is 25.2 Å². The molecule has 0 saturated carbocycles. The smallest absolute Gasteiger partial charge is 0.296 e. The Morgan fingerprint density at radius 1 is 1.19 bits per heavy atom. The molecule has 0 spiro atoms. The number of hydrogen-bond acceptors (Lipinski definition) is 6. The number of ether oxygens (including phenoxy) is 2. The van der Waals surface area contributed by atoms with Crippen LogP contribution in [0.1, 0.15) is 12.8 Å². The lowest BCUT2D eigenvalue weighted by atomic mass is 10.2. The maximum absolute atomic E-state index is 11.1. The molecule has 0 fully saturated rings. The van der Waals surface area contributed by atoms with Gasteiger partial charge in [-0.1, -0.05) is 0 Å². The fraction of sp³-hybridized carbons (Fsp3) is 0.571. The van der Waals surface area contributed by atoms with Gasteiger partial charge in [0.15, 0.2) is 11.5 Å². The van der Waals surface area contributed by atoms with Crippen LogP contribution in [0.3, 0.4) is 0 Å². The van der Waals surface area contributed by atoms with Crippen molar-refractivity contribution in [2.24, 2.45) is 0 Å². The molecule has 21 heavy (non-hydrogen) atoms. The van der Waals surface area contributed by atoms with E-state index in [2.05, 4.69) is 10.2 Å². The van der Waals surface area contributed by atoms with Gasteiger partial charge in [-0.2, -0.15) is 0 Å². The quantitative estimate of drug-likeness (QED) is 0.428. The average molecular weight is 297 g/mol. The van der Waals surface area contributed by atoms with Crippen LogP contribution in [0, 0.1) is 10.1 Å². The van der Waals surface area contributed by atoms with E-state index in [0.717, 1.165) is 19.4 Å². The van der Waals surface area contributed by atoms with Crippen molar-refractivity contribution in [3.63, 3.8) is 0 Å². The molecular weight excluding hydrogens is 274 g/mol. The Hall–Kier alpha value is -2.02. The number of nitrogens with zero attached hydrogens (tertiary/aromatic N) is 2. The lowest BCUT2D eigenvalue weighted by Crippen LogP contribution is -2.14.